The lowest BCUT2D eigenvalue weighted by Crippen LogP contribution is -2.38. The molecular formula is C33H34N6O3S. The highest BCUT2D eigenvalue weighted by Gasteiger charge is 2.24. The van der Waals surface area contributed by atoms with Crippen molar-refractivity contribution in [1.29, 1.82) is 0 Å². The summed E-state index contributed by atoms with van der Waals surface area (Å²) in [7, 11) is -3.72. The number of aromatic nitrogens is 3. The summed E-state index contributed by atoms with van der Waals surface area (Å²) in [5.74, 6) is 1.55. The fraction of sp³-hybridized carbons (Fsp3) is 0.242. The summed E-state index contributed by atoms with van der Waals surface area (Å²) in [5.41, 5.74) is 3.49. The third kappa shape index (κ3) is 6.30. The number of ether oxygens (including phenoxy) is 1. The standard InChI is InChI=1S/C33H34N6O3S/c1-22-15-16-26-27(12-6-14-30(26)39-43(40,41)23(2)24-9-4-3-5-10-24)31(22)42-32-28(13-8-19-35-32)29-17-20-36-33(38-29)37-25-11-7-18-34-21-25/h3-6,8-10,12-17,19-20,23,25,34,39H,7,11,18,21H2,1-2H3,(H,36,37,38)/t23-,25?/m1/s1. The Kier molecular flexibility index (Phi) is 8.22. The largest absolute Gasteiger partial charge is 0.437 e. The van der Waals surface area contributed by atoms with Gasteiger partial charge >= 0.3 is 0 Å². The molecule has 0 saturated carbocycles. The molecule has 1 saturated heterocycles. The van der Waals surface area contributed by atoms with Crippen molar-refractivity contribution < 1.29 is 13.2 Å². The lowest BCUT2D eigenvalue weighted by Gasteiger charge is -2.23. The normalized spacial score (nSPS) is 16.0. The van der Waals surface area contributed by atoms with Gasteiger partial charge in [-0.15, -0.1) is 0 Å². The summed E-state index contributed by atoms with van der Waals surface area (Å²) < 4.78 is 36.1. The number of nitrogens with zero attached hydrogens (tertiary/aromatic N) is 3. The number of nitrogens with one attached hydrogen (secondary N) is 3. The summed E-state index contributed by atoms with van der Waals surface area (Å²) in [6.07, 6.45) is 5.58. The highest BCUT2D eigenvalue weighted by molar-refractivity contribution is 7.92. The van der Waals surface area contributed by atoms with Crippen LogP contribution in [0.5, 0.6) is 11.6 Å². The number of sulfonamides is 1. The number of anilines is 2. The number of pyridine rings is 1. The minimum atomic E-state index is -3.72. The summed E-state index contributed by atoms with van der Waals surface area (Å²) >= 11 is 0. The first-order valence-electron chi connectivity index (χ1n) is 14.4. The number of aryl methyl sites for hydroxylation is 1. The van der Waals surface area contributed by atoms with E-state index in [1.165, 1.54) is 0 Å². The first kappa shape index (κ1) is 28.6. The molecule has 220 valence electrons. The van der Waals surface area contributed by atoms with Crippen molar-refractivity contribution in [3.63, 3.8) is 0 Å². The highest BCUT2D eigenvalue weighted by atomic mass is 32.2. The second kappa shape index (κ2) is 12.4. The van der Waals surface area contributed by atoms with Crippen molar-refractivity contribution in [3.05, 3.63) is 102 Å². The Morgan fingerprint density at radius 3 is 2.60 bits per heavy atom. The van der Waals surface area contributed by atoms with E-state index in [-0.39, 0.29) is 6.04 Å². The molecular weight excluding hydrogens is 560 g/mol. The second-order valence-electron chi connectivity index (χ2n) is 10.7. The third-order valence-electron chi connectivity index (χ3n) is 7.73. The van der Waals surface area contributed by atoms with E-state index in [4.69, 9.17) is 9.72 Å². The summed E-state index contributed by atoms with van der Waals surface area (Å²) in [6, 6.07) is 24.4. The number of benzene rings is 3. The minimum absolute atomic E-state index is 0.272. The van der Waals surface area contributed by atoms with Crippen molar-refractivity contribution in [3.8, 4) is 22.9 Å². The lowest BCUT2D eigenvalue weighted by atomic mass is 10.0. The zero-order valence-electron chi connectivity index (χ0n) is 24.1. The average molecular weight is 595 g/mol. The molecule has 5 aromatic rings. The number of rotatable bonds is 9. The van der Waals surface area contributed by atoms with Gasteiger partial charge in [0.1, 0.15) is 11.0 Å². The summed E-state index contributed by atoms with van der Waals surface area (Å²) in [6.45, 7) is 5.54. The minimum Gasteiger partial charge on any atom is -0.437 e. The predicted molar refractivity (Wildman–Crippen MR) is 171 cm³/mol. The second-order valence-corrected chi connectivity index (χ2v) is 12.7. The Hall–Kier alpha value is -4.54. The molecule has 6 rings (SSSR count). The predicted octanol–water partition coefficient (Wildman–Crippen LogP) is 6.46. The van der Waals surface area contributed by atoms with E-state index in [1.807, 2.05) is 79.7 Å². The molecule has 1 fully saturated rings. The van der Waals surface area contributed by atoms with Gasteiger partial charge in [0.05, 0.1) is 16.9 Å². The van der Waals surface area contributed by atoms with Gasteiger partial charge < -0.3 is 15.4 Å². The van der Waals surface area contributed by atoms with E-state index in [0.29, 0.717) is 29.0 Å². The van der Waals surface area contributed by atoms with Gasteiger partial charge in [-0.2, -0.15) is 0 Å². The zero-order chi connectivity index (χ0) is 29.8. The maximum atomic E-state index is 13.4. The molecule has 10 heteroatoms. The van der Waals surface area contributed by atoms with Crippen molar-refractivity contribution in [2.75, 3.05) is 23.1 Å². The van der Waals surface area contributed by atoms with Crippen LogP contribution < -0.4 is 20.1 Å². The van der Waals surface area contributed by atoms with E-state index < -0.39 is 15.3 Å². The molecule has 1 aliphatic heterocycles. The molecule has 3 aromatic carbocycles. The van der Waals surface area contributed by atoms with Gasteiger partial charge in [0, 0.05) is 35.8 Å². The maximum absolute atomic E-state index is 13.4. The van der Waals surface area contributed by atoms with Crippen molar-refractivity contribution in [2.24, 2.45) is 0 Å². The number of fused-ring (bicyclic) bond motifs is 1. The Morgan fingerprint density at radius 1 is 0.930 bits per heavy atom. The SMILES string of the molecule is Cc1ccc2c(NS(=O)(=O)[C@H](C)c3ccccc3)cccc2c1Oc1ncccc1-c1ccnc(NC2CCCNC2)n1. The lowest BCUT2D eigenvalue weighted by molar-refractivity contribution is 0.466. The maximum Gasteiger partial charge on any atom is 0.239 e. The van der Waals surface area contributed by atoms with Crippen LogP contribution in [0.2, 0.25) is 0 Å². The van der Waals surface area contributed by atoms with E-state index in [0.717, 1.165) is 53.4 Å². The average Bonchev–Trinajstić information content (AvgIpc) is 3.03. The van der Waals surface area contributed by atoms with Gasteiger partial charge in [0.2, 0.25) is 21.9 Å². The fourth-order valence-electron chi connectivity index (χ4n) is 5.31. The third-order valence-corrected chi connectivity index (χ3v) is 9.43. The van der Waals surface area contributed by atoms with Crippen LogP contribution in [0.25, 0.3) is 22.0 Å². The molecule has 9 nitrogen and oxygen atoms in total. The number of piperidine rings is 1. The van der Waals surface area contributed by atoms with Crippen LogP contribution in [0.15, 0.2) is 91.3 Å². The molecule has 1 aliphatic rings. The molecule has 0 radical (unpaired) electrons. The zero-order valence-corrected chi connectivity index (χ0v) is 24.9. The molecule has 0 amide bonds. The molecule has 43 heavy (non-hydrogen) atoms. The molecule has 1 unspecified atom stereocenters. The Morgan fingerprint density at radius 2 is 1.79 bits per heavy atom. The molecule has 0 aliphatic carbocycles. The van der Waals surface area contributed by atoms with E-state index in [2.05, 4.69) is 25.3 Å². The Labute approximate surface area is 251 Å². The Balaban J connectivity index is 1.32. The van der Waals surface area contributed by atoms with Crippen LogP contribution in [0.4, 0.5) is 11.6 Å². The molecule has 3 heterocycles. The topological polar surface area (TPSA) is 118 Å². The van der Waals surface area contributed by atoms with Gasteiger partial charge in [-0.25, -0.2) is 23.4 Å². The summed E-state index contributed by atoms with van der Waals surface area (Å²) in [5, 5.41) is 7.59. The fourth-order valence-corrected chi connectivity index (χ4v) is 6.48. The monoisotopic (exact) mass is 594 g/mol. The summed E-state index contributed by atoms with van der Waals surface area (Å²) in [4.78, 5) is 13.8. The van der Waals surface area contributed by atoms with E-state index in [9.17, 15) is 8.42 Å². The van der Waals surface area contributed by atoms with Gasteiger partial charge in [-0.3, -0.25) is 4.72 Å². The molecule has 2 aromatic heterocycles. The van der Waals surface area contributed by atoms with E-state index in [1.54, 1.807) is 25.4 Å². The van der Waals surface area contributed by atoms with Gasteiger partial charge in [0.15, 0.2) is 0 Å². The van der Waals surface area contributed by atoms with Crippen LogP contribution in [0.1, 0.15) is 36.1 Å². The Bertz CT molecular complexity index is 1840. The first-order chi connectivity index (χ1) is 20.9. The van der Waals surface area contributed by atoms with Gasteiger partial charge in [-0.1, -0.05) is 54.6 Å². The quantitative estimate of drug-likeness (QED) is 0.178. The first-order valence-corrected chi connectivity index (χ1v) is 16.0. The van der Waals surface area contributed by atoms with Crippen molar-refractivity contribution in [1.82, 2.24) is 20.3 Å². The number of hydrogen-bond acceptors (Lipinski definition) is 8. The smallest absolute Gasteiger partial charge is 0.239 e. The highest BCUT2D eigenvalue weighted by Crippen LogP contribution is 2.39. The van der Waals surface area contributed by atoms with Crippen LogP contribution in [-0.2, 0) is 10.0 Å². The van der Waals surface area contributed by atoms with E-state index >= 15 is 0 Å². The van der Waals surface area contributed by atoms with Crippen LogP contribution in [0.3, 0.4) is 0 Å². The van der Waals surface area contributed by atoms with Crippen molar-refractivity contribution in [2.45, 2.75) is 38.0 Å². The molecule has 2 atom stereocenters. The molecule has 0 spiro atoms. The van der Waals surface area contributed by atoms with Crippen molar-refractivity contribution >= 4 is 32.4 Å². The molecule has 3 N–H and O–H groups in total. The van der Waals surface area contributed by atoms with Gasteiger partial charge in [-0.05, 0) is 68.6 Å². The molecule has 0 bridgehead atoms. The van der Waals surface area contributed by atoms with Crippen LogP contribution in [-0.4, -0.2) is 42.5 Å². The van der Waals surface area contributed by atoms with Gasteiger partial charge in [0.25, 0.3) is 0 Å². The van der Waals surface area contributed by atoms with Crippen LogP contribution in [0, 0.1) is 6.92 Å². The number of hydrogen-bond donors (Lipinski definition) is 3. The van der Waals surface area contributed by atoms with Crippen LogP contribution >= 0.6 is 0 Å².